The molecule has 0 aliphatic rings. The summed E-state index contributed by atoms with van der Waals surface area (Å²) in [5, 5.41) is 15.7. The van der Waals surface area contributed by atoms with Gasteiger partial charge in [-0.3, -0.25) is 0 Å². The third kappa shape index (κ3) is 4.28. The quantitative estimate of drug-likeness (QED) is 0.702. The number of nitrogens with zero attached hydrogens (tertiary/aromatic N) is 3. The molecule has 2 aromatic carbocycles. The summed E-state index contributed by atoms with van der Waals surface area (Å²) < 4.78 is 5.17. The first-order valence-corrected chi connectivity index (χ1v) is 8.16. The van der Waals surface area contributed by atoms with E-state index >= 15 is 0 Å². The summed E-state index contributed by atoms with van der Waals surface area (Å²) in [5.41, 5.74) is 2.40. The van der Waals surface area contributed by atoms with Crippen molar-refractivity contribution in [2.24, 2.45) is 0 Å². The zero-order valence-electron chi connectivity index (χ0n) is 14.7. The Morgan fingerprint density at radius 2 is 1.77 bits per heavy atom. The van der Waals surface area contributed by atoms with Crippen LogP contribution in [0.5, 0.6) is 5.75 Å². The lowest BCUT2D eigenvalue weighted by Gasteiger charge is -2.11. The summed E-state index contributed by atoms with van der Waals surface area (Å²) in [7, 11) is 1.65. The van der Waals surface area contributed by atoms with Crippen molar-refractivity contribution in [2.75, 3.05) is 17.7 Å². The molecule has 6 heteroatoms. The van der Waals surface area contributed by atoms with E-state index in [0.29, 0.717) is 35.3 Å². The molecule has 2 N–H and O–H groups in total. The van der Waals surface area contributed by atoms with E-state index in [4.69, 9.17) is 4.74 Å². The third-order valence-electron chi connectivity index (χ3n) is 3.78. The van der Waals surface area contributed by atoms with Crippen molar-refractivity contribution in [2.45, 2.75) is 13.5 Å². The van der Waals surface area contributed by atoms with Gasteiger partial charge >= 0.3 is 0 Å². The summed E-state index contributed by atoms with van der Waals surface area (Å²) >= 11 is 0. The Labute approximate surface area is 152 Å². The predicted molar refractivity (Wildman–Crippen MR) is 102 cm³/mol. The van der Waals surface area contributed by atoms with Crippen LogP contribution < -0.4 is 15.4 Å². The minimum absolute atomic E-state index is 0.566. The van der Waals surface area contributed by atoms with Crippen molar-refractivity contribution in [3.05, 3.63) is 71.5 Å². The Hall–Kier alpha value is -3.59. The summed E-state index contributed by atoms with van der Waals surface area (Å²) in [6.45, 7) is 2.47. The zero-order chi connectivity index (χ0) is 18.4. The lowest BCUT2D eigenvalue weighted by atomic mass is 10.2. The summed E-state index contributed by atoms with van der Waals surface area (Å²) in [5.74, 6) is 2.82. The third-order valence-corrected chi connectivity index (χ3v) is 3.78. The van der Waals surface area contributed by atoms with Gasteiger partial charge in [0.15, 0.2) is 0 Å². The second kappa shape index (κ2) is 7.99. The molecular formula is C20H19N5O. The van der Waals surface area contributed by atoms with E-state index in [1.807, 2.05) is 55.5 Å². The van der Waals surface area contributed by atoms with Crippen molar-refractivity contribution in [3.8, 4) is 11.8 Å². The van der Waals surface area contributed by atoms with Gasteiger partial charge in [-0.2, -0.15) is 5.26 Å². The molecule has 0 aliphatic heterocycles. The minimum atomic E-state index is 0.566. The van der Waals surface area contributed by atoms with Crippen LogP contribution in [-0.2, 0) is 6.54 Å². The van der Waals surface area contributed by atoms with Crippen LogP contribution in [0, 0.1) is 18.3 Å². The largest absolute Gasteiger partial charge is 0.497 e. The van der Waals surface area contributed by atoms with Crippen molar-refractivity contribution in [1.29, 1.82) is 5.26 Å². The van der Waals surface area contributed by atoms with E-state index in [0.717, 1.165) is 11.3 Å². The average molecular weight is 345 g/mol. The maximum absolute atomic E-state index is 9.21. The number of nitrogens with one attached hydrogen (secondary N) is 2. The monoisotopic (exact) mass is 345 g/mol. The minimum Gasteiger partial charge on any atom is -0.497 e. The summed E-state index contributed by atoms with van der Waals surface area (Å²) in [6.07, 6.45) is 0. The molecule has 1 heterocycles. The molecule has 0 saturated carbocycles. The zero-order valence-corrected chi connectivity index (χ0v) is 14.7. The highest BCUT2D eigenvalue weighted by Crippen LogP contribution is 2.21. The van der Waals surface area contributed by atoms with Crippen LogP contribution in [0.4, 0.5) is 17.3 Å². The fourth-order valence-electron chi connectivity index (χ4n) is 2.49. The number of aryl methyl sites for hydroxylation is 1. The van der Waals surface area contributed by atoms with Crippen molar-refractivity contribution in [1.82, 2.24) is 9.97 Å². The standard InChI is InChI=1S/C20H19N5O/c1-14-23-19(22-13-15-7-9-17(26-2)10-8-15)11-20(24-14)25-18-6-4-3-5-16(18)12-21/h3-11H,13H2,1-2H3,(H2,22,23,24,25). The highest BCUT2D eigenvalue weighted by Gasteiger charge is 2.06. The van der Waals surface area contributed by atoms with Crippen LogP contribution in [0.2, 0.25) is 0 Å². The summed E-state index contributed by atoms with van der Waals surface area (Å²) in [4.78, 5) is 8.81. The molecule has 3 rings (SSSR count). The molecule has 26 heavy (non-hydrogen) atoms. The van der Waals surface area contributed by atoms with Crippen molar-refractivity contribution < 1.29 is 4.74 Å². The van der Waals surface area contributed by atoms with E-state index in [-0.39, 0.29) is 0 Å². The summed E-state index contributed by atoms with van der Waals surface area (Å²) in [6, 6.07) is 19.2. The fraction of sp³-hybridized carbons (Fsp3) is 0.150. The van der Waals surface area contributed by atoms with Gasteiger partial charge < -0.3 is 15.4 Å². The second-order valence-corrected chi connectivity index (χ2v) is 5.67. The molecule has 0 aliphatic carbocycles. The molecular weight excluding hydrogens is 326 g/mol. The Morgan fingerprint density at radius 1 is 1.04 bits per heavy atom. The number of para-hydroxylation sites is 1. The Balaban J connectivity index is 1.73. The number of benzene rings is 2. The SMILES string of the molecule is COc1ccc(CNc2cc(Nc3ccccc3C#N)nc(C)n2)cc1. The molecule has 130 valence electrons. The first-order chi connectivity index (χ1) is 12.7. The van der Waals surface area contributed by atoms with E-state index in [1.54, 1.807) is 13.2 Å². The number of hydrogen-bond acceptors (Lipinski definition) is 6. The van der Waals surface area contributed by atoms with Gasteiger partial charge in [0.05, 0.1) is 18.4 Å². The predicted octanol–water partition coefficient (Wildman–Crippen LogP) is 4.02. The lowest BCUT2D eigenvalue weighted by molar-refractivity contribution is 0.414. The highest BCUT2D eigenvalue weighted by atomic mass is 16.5. The number of ether oxygens (including phenoxy) is 1. The molecule has 1 aromatic heterocycles. The number of rotatable bonds is 6. The van der Waals surface area contributed by atoms with Crippen LogP contribution in [0.15, 0.2) is 54.6 Å². The van der Waals surface area contributed by atoms with Gasteiger partial charge in [0.1, 0.15) is 29.3 Å². The average Bonchev–Trinajstić information content (AvgIpc) is 2.67. The van der Waals surface area contributed by atoms with Crippen molar-refractivity contribution >= 4 is 17.3 Å². The second-order valence-electron chi connectivity index (χ2n) is 5.67. The van der Waals surface area contributed by atoms with Crippen LogP contribution >= 0.6 is 0 Å². The van der Waals surface area contributed by atoms with Crippen molar-refractivity contribution in [3.63, 3.8) is 0 Å². The maximum atomic E-state index is 9.21. The maximum Gasteiger partial charge on any atom is 0.136 e. The van der Waals surface area contributed by atoms with Gasteiger partial charge in [-0.15, -0.1) is 0 Å². The molecule has 0 unspecified atom stereocenters. The molecule has 0 atom stereocenters. The molecule has 0 amide bonds. The van der Waals surface area contributed by atoms with E-state index in [1.165, 1.54) is 0 Å². The fourth-order valence-corrected chi connectivity index (χ4v) is 2.49. The molecule has 3 aromatic rings. The normalized spacial score (nSPS) is 10.0. The van der Waals surface area contributed by atoms with Crippen LogP contribution in [0.3, 0.4) is 0 Å². The number of methoxy groups -OCH3 is 1. The Kier molecular flexibility index (Phi) is 5.30. The first kappa shape index (κ1) is 17.2. The lowest BCUT2D eigenvalue weighted by Crippen LogP contribution is -2.05. The molecule has 0 fully saturated rings. The van der Waals surface area contributed by atoms with E-state index < -0.39 is 0 Å². The number of anilines is 3. The topological polar surface area (TPSA) is 82.9 Å². The van der Waals surface area contributed by atoms with Gasteiger partial charge in [-0.25, -0.2) is 9.97 Å². The van der Waals surface area contributed by atoms with Gasteiger partial charge in [-0.1, -0.05) is 24.3 Å². The van der Waals surface area contributed by atoms with Gasteiger partial charge in [0.25, 0.3) is 0 Å². The Bertz CT molecular complexity index is 932. The van der Waals surface area contributed by atoms with Gasteiger partial charge in [0, 0.05) is 12.6 Å². The first-order valence-electron chi connectivity index (χ1n) is 8.16. The molecule has 0 radical (unpaired) electrons. The number of hydrogen-bond donors (Lipinski definition) is 2. The van der Waals surface area contributed by atoms with Crippen LogP contribution in [0.1, 0.15) is 17.0 Å². The van der Waals surface area contributed by atoms with Crippen LogP contribution in [0.25, 0.3) is 0 Å². The smallest absolute Gasteiger partial charge is 0.136 e. The Morgan fingerprint density at radius 3 is 2.50 bits per heavy atom. The van der Waals surface area contributed by atoms with Gasteiger partial charge in [0.2, 0.25) is 0 Å². The van der Waals surface area contributed by atoms with Gasteiger partial charge in [-0.05, 0) is 36.8 Å². The van der Waals surface area contributed by atoms with Crippen LogP contribution in [-0.4, -0.2) is 17.1 Å². The molecule has 6 nitrogen and oxygen atoms in total. The number of nitriles is 1. The molecule has 0 spiro atoms. The highest BCUT2D eigenvalue weighted by molar-refractivity contribution is 5.65. The van der Waals surface area contributed by atoms with E-state index in [2.05, 4.69) is 26.7 Å². The molecule has 0 bridgehead atoms. The number of aromatic nitrogens is 2. The molecule has 0 saturated heterocycles. The van der Waals surface area contributed by atoms with E-state index in [9.17, 15) is 5.26 Å².